The van der Waals surface area contributed by atoms with E-state index in [9.17, 15) is 27.4 Å². The van der Waals surface area contributed by atoms with Crippen molar-refractivity contribution in [3.63, 3.8) is 0 Å². The maximum Gasteiger partial charge on any atom is 0.294 e. The lowest BCUT2D eigenvalue weighted by molar-refractivity contribution is -0.445. The summed E-state index contributed by atoms with van der Waals surface area (Å²) in [6.07, 6.45) is 14.1. The summed E-state index contributed by atoms with van der Waals surface area (Å²) in [6.45, 7) is 15.9. The van der Waals surface area contributed by atoms with Gasteiger partial charge >= 0.3 is 0 Å². The lowest BCUT2D eigenvalue weighted by Crippen LogP contribution is -2.52. The van der Waals surface area contributed by atoms with Gasteiger partial charge in [0.25, 0.3) is 10.1 Å². The fourth-order valence-corrected chi connectivity index (χ4v) is 15.8. The Morgan fingerprint density at radius 2 is 1.65 bits per heavy atom. The number of ether oxygens (including phenoxy) is 1. The number of carbonyl (C=O) groups is 3. The fraction of sp³-hybridized carbons (Fsp3) is 0.585. The summed E-state index contributed by atoms with van der Waals surface area (Å²) in [5.41, 5.74) is 10.4. The van der Waals surface area contributed by atoms with E-state index in [0.29, 0.717) is 43.0 Å². The molecule has 3 saturated carbocycles. The summed E-state index contributed by atoms with van der Waals surface area (Å²) in [5, 5.41) is 6.30. The average molecular weight is 902 g/mol. The standard InChI is InChI=1S/C53H64N4O7S/c1-50(2)40-25-30(26-46(59)54-21-22-55-49(60)39-12-11-37-34-10-8-31-27-32(58)15-19-52(31,5)38(34)16-20-53(37,39)6)7-13-42(40)56-23-17-44-35(47(50)56)29-36-45(64-44)18-24-57-43-14-9-33(65(61,62)63)28-41(43)51(3,4)48(36)57/h7,9,13-14,25,27-29,34,37-39,44-45H,8,10-12,15-24,26H2,1-6H3,(H2-,54,55,59,60,61,62,63)/p+1. The topological polar surface area (TPSA) is 145 Å². The van der Waals surface area contributed by atoms with Crippen LogP contribution in [-0.2, 0) is 46.5 Å². The minimum absolute atomic E-state index is 0.00739. The zero-order valence-electron chi connectivity index (χ0n) is 38.9. The summed E-state index contributed by atoms with van der Waals surface area (Å²) >= 11 is 0. The van der Waals surface area contributed by atoms with Crippen molar-refractivity contribution in [2.75, 3.05) is 31.1 Å². The van der Waals surface area contributed by atoms with E-state index < -0.39 is 15.5 Å². The molecule has 0 spiro atoms. The van der Waals surface area contributed by atoms with Crippen LogP contribution in [0.25, 0.3) is 0 Å². The molecule has 0 radical (unpaired) electrons. The van der Waals surface area contributed by atoms with Crippen molar-refractivity contribution in [2.45, 2.75) is 140 Å². The quantitative estimate of drug-likeness (QED) is 0.145. The van der Waals surface area contributed by atoms with E-state index in [0.717, 1.165) is 105 Å². The third-order valence-electron chi connectivity index (χ3n) is 18.5. The molecule has 5 aliphatic heterocycles. The van der Waals surface area contributed by atoms with Gasteiger partial charge in [-0.15, -0.1) is 0 Å². The van der Waals surface area contributed by atoms with Gasteiger partial charge in [-0.05, 0) is 135 Å². The molecular formula is C53H65N4O7S+. The van der Waals surface area contributed by atoms with Crippen molar-refractivity contribution in [2.24, 2.45) is 34.5 Å². The molecule has 8 atom stereocenters. The molecule has 4 aliphatic carbocycles. The SMILES string of the molecule is CC1(C)C2=C3C=C4C5=[N+](CCC4OC3CCN2c2ccc(CC(=O)NCCNC(=O)C3CCC4C6CCC7=CC(=O)CCC7(C)C6CCC34C)cc21)c1ccc(S(=O)(=O)O)cc1C5(C)C. The molecular weight excluding hydrogens is 837 g/mol. The second-order valence-electron chi connectivity index (χ2n) is 22.5. The summed E-state index contributed by atoms with van der Waals surface area (Å²) < 4.78 is 43.5. The van der Waals surface area contributed by atoms with Crippen LogP contribution in [0.2, 0.25) is 0 Å². The first-order valence-electron chi connectivity index (χ1n) is 24.4. The molecule has 0 aromatic heterocycles. The number of carbonyl (C=O) groups excluding carboxylic acids is 3. The Labute approximate surface area is 384 Å². The summed E-state index contributed by atoms with van der Waals surface area (Å²) in [5.74, 6) is 2.10. The highest BCUT2D eigenvalue weighted by Crippen LogP contribution is 2.66. The molecule has 12 heteroatoms. The number of allylic oxidation sites excluding steroid dienone is 2. The summed E-state index contributed by atoms with van der Waals surface area (Å²) in [4.78, 5) is 41.8. The minimum atomic E-state index is -4.35. The Kier molecular flexibility index (Phi) is 9.84. The molecule has 9 aliphatic rings. The molecule has 0 saturated heterocycles. The molecule has 5 heterocycles. The van der Waals surface area contributed by atoms with Gasteiger partial charge in [-0.2, -0.15) is 13.0 Å². The Balaban J connectivity index is 0.750. The van der Waals surface area contributed by atoms with Crippen LogP contribution in [0.3, 0.4) is 0 Å². The van der Waals surface area contributed by atoms with Crippen LogP contribution in [0.15, 0.2) is 75.9 Å². The largest absolute Gasteiger partial charge is 0.365 e. The summed E-state index contributed by atoms with van der Waals surface area (Å²) in [6, 6.07) is 11.4. The number of hydrogen-bond donors (Lipinski definition) is 3. The molecule has 11 nitrogen and oxygen atoms in total. The number of benzene rings is 2. The van der Waals surface area contributed by atoms with Gasteiger partial charge in [0, 0.05) is 78.0 Å². The summed E-state index contributed by atoms with van der Waals surface area (Å²) in [7, 11) is -4.35. The molecule has 2 amide bonds. The fourth-order valence-electron chi connectivity index (χ4n) is 15.3. The van der Waals surface area contributed by atoms with Crippen molar-refractivity contribution in [3.05, 3.63) is 87.7 Å². The Morgan fingerprint density at radius 3 is 2.45 bits per heavy atom. The van der Waals surface area contributed by atoms with Crippen LogP contribution in [0.5, 0.6) is 0 Å². The number of amides is 2. The normalized spacial score (nSPS) is 33.5. The van der Waals surface area contributed by atoms with Crippen LogP contribution in [-0.4, -0.2) is 79.2 Å². The van der Waals surface area contributed by atoms with E-state index in [4.69, 9.17) is 4.74 Å². The highest BCUT2D eigenvalue weighted by Gasteiger charge is 2.60. The molecule has 2 aromatic carbocycles. The highest BCUT2D eigenvalue weighted by atomic mass is 32.2. The van der Waals surface area contributed by atoms with Crippen LogP contribution in [0.1, 0.15) is 122 Å². The van der Waals surface area contributed by atoms with Gasteiger partial charge in [0.1, 0.15) is 0 Å². The zero-order valence-corrected chi connectivity index (χ0v) is 39.7. The first kappa shape index (κ1) is 43.2. The smallest absolute Gasteiger partial charge is 0.294 e. The van der Waals surface area contributed by atoms with E-state index in [1.165, 1.54) is 28.5 Å². The number of fused-ring (bicyclic) bond motifs is 13. The molecule has 8 unspecified atom stereocenters. The monoisotopic (exact) mass is 901 g/mol. The van der Waals surface area contributed by atoms with Crippen LogP contribution >= 0.6 is 0 Å². The zero-order chi connectivity index (χ0) is 45.6. The first-order chi connectivity index (χ1) is 30.8. The first-order valence-corrected chi connectivity index (χ1v) is 25.8. The van der Waals surface area contributed by atoms with E-state index >= 15 is 0 Å². The van der Waals surface area contributed by atoms with Crippen molar-refractivity contribution < 1.29 is 36.7 Å². The molecule has 3 fully saturated rings. The average Bonchev–Trinajstić information content (AvgIpc) is 3.82. The maximum absolute atomic E-state index is 13.8. The van der Waals surface area contributed by atoms with E-state index in [1.807, 2.05) is 12.1 Å². The molecule has 3 N–H and O–H groups in total. The molecule has 344 valence electrons. The Hall–Kier alpha value is -4.39. The molecule has 0 bridgehead atoms. The van der Waals surface area contributed by atoms with Gasteiger partial charge < -0.3 is 20.3 Å². The number of anilines is 1. The number of nitrogens with zero attached hydrogens (tertiary/aromatic N) is 2. The van der Waals surface area contributed by atoms with Crippen molar-refractivity contribution >= 4 is 44.8 Å². The Morgan fingerprint density at radius 1 is 0.846 bits per heavy atom. The van der Waals surface area contributed by atoms with Gasteiger partial charge in [-0.25, -0.2) is 0 Å². The van der Waals surface area contributed by atoms with E-state index in [-0.39, 0.29) is 57.5 Å². The highest BCUT2D eigenvalue weighted by molar-refractivity contribution is 7.85. The van der Waals surface area contributed by atoms with Gasteiger partial charge in [0.15, 0.2) is 18.0 Å². The van der Waals surface area contributed by atoms with Crippen molar-refractivity contribution in [1.29, 1.82) is 0 Å². The number of ketones is 1. The Bertz CT molecular complexity index is 2710. The predicted molar refractivity (Wildman–Crippen MR) is 249 cm³/mol. The second kappa shape index (κ2) is 14.8. The van der Waals surface area contributed by atoms with Crippen molar-refractivity contribution in [1.82, 2.24) is 10.6 Å². The second-order valence-corrected chi connectivity index (χ2v) is 23.9. The van der Waals surface area contributed by atoms with Crippen LogP contribution in [0.4, 0.5) is 11.4 Å². The molecule has 11 rings (SSSR count). The van der Waals surface area contributed by atoms with Gasteiger partial charge in [-0.1, -0.05) is 45.4 Å². The van der Waals surface area contributed by atoms with Gasteiger partial charge in [-0.3, -0.25) is 18.9 Å². The third kappa shape index (κ3) is 6.49. The van der Waals surface area contributed by atoms with Gasteiger partial charge in [0.05, 0.1) is 28.9 Å². The molecule has 65 heavy (non-hydrogen) atoms. The predicted octanol–water partition coefficient (Wildman–Crippen LogP) is 7.79. The lowest BCUT2D eigenvalue weighted by atomic mass is 9.47. The molecule has 2 aromatic rings. The van der Waals surface area contributed by atoms with E-state index in [1.54, 1.807) is 6.07 Å². The van der Waals surface area contributed by atoms with E-state index in [2.05, 4.69) is 85.9 Å². The number of hydrogen-bond acceptors (Lipinski definition) is 7. The van der Waals surface area contributed by atoms with Crippen molar-refractivity contribution in [3.8, 4) is 0 Å². The van der Waals surface area contributed by atoms with Crippen LogP contribution < -0.4 is 15.5 Å². The maximum atomic E-state index is 13.8. The minimum Gasteiger partial charge on any atom is -0.365 e. The van der Waals surface area contributed by atoms with Gasteiger partial charge in [0.2, 0.25) is 17.5 Å². The van der Waals surface area contributed by atoms with Crippen LogP contribution in [0, 0.1) is 34.5 Å². The number of rotatable bonds is 7. The third-order valence-corrected chi connectivity index (χ3v) is 19.3. The lowest BCUT2D eigenvalue weighted by Gasteiger charge is -2.58. The number of nitrogens with one attached hydrogen (secondary N) is 2.